The summed E-state index contributed by atoms with van der Waals surface area (Å²) >= 11 is 0. The molecule has 16 heavy (non-hydrogen) atoms. The molecule has 1 rings (SSSR count). The lowest BCUT2D eigenvalue weighted by atomic mass is 10.2. The summed E-state index contributed by atoms with van der Waals surface area (Å²) in [6.45, 7) is 9.10. The second-order valence-electron chi connectivity index (χ2n) is 4.46. The van der Waals surface area contributed by atoms with Crippen molar-refractivity contribution >= 4 is 0 Å². The Bertz CT molecular complexity index is 317. The van der Waals surface area contributed by atoms with Crippen molar-refractivity contribution in [1.29, 1.82) is 0 Å². The minimum absolute atomic E-state index is 0.517. The van der Waals surface area contributed by atoms with Crippen molar-refractivity contribution in [2.75, 3.05) is 13.1 Å². The first-order valence-electron chi connectivity index (χ1n) is 6.04. The molecule has 2 N–H and O–H groups in total. The molecule has 0 aromatic carbocycles. The minimum Gasteiger partial charge on any atom is -0.329 e. The number of aryl methyl sites for hydroxylation is 2. The second kappa shape index (κ2) is 6.01. The fourth-order valence-corrected chi connectivity index (χ4v) is 1.79. The van der Waals surface area contributed by atoms with Gasteiger partial charge in [-0.15, -0.1) is 0 Å². The molecule has 0 aliphatic carbocycles. The maximum Gasteiger partial charge on any atom is 0.0625 e. The van der Waals surface area contributed by atoms with E-state index in [1.54, 1.807) is 0 Å². The standard InChI is InChI=1S/C12H24N4/c1-5-11-8-12(15(4)14-11)9-16(7-6-13)10(2)3/h8,10H,5-7,9,13H2,1-4H3. The van der Waals surface area contributed by atoms with Crippen molar-refractivity contribution in [3.8, 4) is 0 Å². The van der Waals surface area contributed by atoms with Crippen LogP contribution in [0.2, 0.25) is 0 Å². The molecule has 0 bridgehead atoms. The van der Waals surface area contributed by atoms with Crippen LogP contribution in [0.4, 0.5) is 0 Å². The van der Waals surface area contributed by atoms with Crippen LogP contribution in [0.25, 0.3) is 0 Å². The monoisotopic (exact) mass is 224 g/mol. The summed E-state index contributed by atoms with van der Waals surface area (Å²) < 4.78 is 1.98. The van der Waals surface area contributed by atoms with E-state index in [1.165, 1.54) is 5.69 Å². The molecular formula is C12H24N4. The third-order valence-electron chi connectivity index (χ3n) is 2.90. The highest BCUT2D eigenvalue weighted by molar-refractivity contribution is 5.10. The molecule has 0 fully saturated rings. The summed E-state index contributed by atoms with van der Waals surface area (Å²) in [4.78, 5) is 2.37. The zero-order valence-corrected chi connectivity index (χ0v) is 10.9. The molecule has 1 heterocycles. The lowest BCUT2D eigenvalue weighted by Crippen LogP contribution is -2.35. The lowest BCUT2D eigenvalue weighted by molar-refractivity contribution is 0.213. The molecule has 4 heteroatoms. The van der Waals surface area contributed by atoms with Crippen molar-refractivity contribution in [1.82, 2.24) is 14.7 Å². The van der Waals surface area contributed by atoms with E-state index in [0.29, 0.717) is 12.6 Å². The van der Waals surface area contributed by atoms with Gasteiger partial charge in [-0.3, -0.25) is 9.58 Å². The fraction of sp³-hybridized carbons (Fsp3) is 0.750. The number of aromatic nitrogens is 2. The first kappa shape index (κ1) is 13.2. The van der Waals surface area contributed by atoms with Gasteiger partial charge in [-0.05, 0) is 26.3 Å². The predicted molar refractivity (Wildman–Crippen MR) is 67.2 cm³/mol. The van der Waals surface area contributed by atoms with Crippen molar-refractivity contribution < 1.29 is 0 Å². The highest BCUT2D eigenvalue weighted by Crippen LogP contribution is 2.09. The summed E-state index contributed by atoms with van der Waals surface area (Å²) in [6, 6.07) is 2.70. The average molecular weight is 224 g/mol. The number of nitrogens with zero attached hydrogens (tertiary/aromatic N) is 3. The van der Waals surface area contributed by atoms with E-state index >= 15 is 0 Å². The average Bonchev–Trinajstić information content (AvgIpc) is 2.59. The normalized spacial score (nSPS) is 11.7. The van der Waals surface area contributed by atoms with E-state index < -0.39 is 0 Å². The Balaban J connectivity index is 2.72. The van der Waals surface area contributed by atoms with Gasteiger partial charge in [0.05, 0.1) is 11.4 Å². The van der Waals surface area contributed by atoms with Gasteiger partial charge in [0.15, 0.2) is 0 Å². The van der Waals surface area contributed by atoms with Gasteiger partial charge in [0, 0.05) is 32.7 Å². The van der Waals surface area contributed by atoms with E-state index in [2.05, 4.69) is 36.8 Å². The van der Waals surface area contributed by atoms with Crippen LogP contribution in [0.3, 0.4) is 0 Å². The third-order valence-corrected chi connectivity index (χ3v) is 2.90. The first-order chi connectivity index (χ1) is 7.58. The molecule has 0 radical (unpaired) electrons. The quantitative estimate of drug-likeness (QED) is 0.788. The Morgan fingerprint density at radius 2 is 2.19 bits per heavy atom. The molecular weight excluding hydrogens is 200 g/mol. The van der Waals surface area contributed by atoms with Crippen LogP contribution in [0, 0.1) is 0 Å². The number of nitrogens with two attached hydrogens (primary N) is 1. The van der Waals surface area contributed by atoms with Crippen LogP contribution < -0.4 is 5.73 Å². The Hall–Kier alpha value is -0.870. The van der Waals surface area contributed by atoms with Crippen LogP contribution in [0.5, 0.6) is 0 Å². The SMILES string of the molecule is CCc1cc(CN(CCN)C(C)C)n(C)n1. The van der Waals surface area contributed by atoms with Crippen molar-refractivity contribution in [3.63, 3.8) is 0 Å². The van der Waals surface area contributed by atoms with E-state index in [1.807, 2.05) is 11.7 Å². The largest absolute Gasteiger partial charge is 0.329 e. The van der Waals surface area contributed by atoms with E-state index in [-0.39, 0.29) is 0 Å². The predicted octanol–water partition coefficient (Wildman–Crippen LogP) is 1.15. The second-order valence-corrected chi connectivity index (χ2v) is 4.46. The maximum atomic E-state index is 5.63. The van der Waals surface area contributed by atoms with Crippen molar-refractivity contribution in [2.24, 2.45) is 12.8 Å². The summed E-state index contributed by atoms with van der Waals surface area (Å²) in [5, 5.41) is 4.46. The molecule has 0 unspecified atom stereocenters. The summed E-state index contributed by atoms with van der Waals surface area (Å²) in [5.41, 5.74) is 8.05. The molecule has 0 atom stereocenters. The molecule has 1 aromatic heterocycles. The first-order valence-corrected chi connectivity index (χ1v) is 6.04. The van der Waals surface area contributed by atoms with Crippen molar-refractivity contribution in [3.05, 3.63) is 17.5 Å². The lowest BCUT2D eigenvalue weighted by Gasteiger charge is -2.25. The Labute approximate surface area is 98.4 Å². The smallest absolute Gasteiger partial charge is 0.0625 e. The Kier molecular flexibility index (Phi) is 4.96. The molecule has 0 spiro atoms. The zero-order chi connectivity index (χ0) is 12.1. The van der Waals surface area contributed by atoms with Gasteiger partial charge in [-0.2, -0.15) is 5.10 Å². The van der Waals surface area contributed by atoms with E-state index in [9.17, 15) is 0 Å². The zero-order valence-electron chi connectivity index (χ0n) is 10.9. The van der Waals surface area contributed by atoms with Crippen LogP contribution in [-0.2, 0) is 20.0 Å². The highest BCUT2D eigenvalue weighted by Gasteiger charge is 2.12. The molecule has 0 aliphatic rings. The van der Waals surface area contributed by atoms with Crippen LogP contribution in [0.15, 0.2) is 6.07 Å². The highest BCUT2D eigenvalue weighted by atomic mass is 15.3. The molecule has 92 valence electrons. The molecule has 0 saturated heterocycles. The van der Waals surface area contributed by atoms with Crippen LogP contribution in [0.1, 0.15) is 32.2 Å². The van der Waals surface area contributed by atoms with Gasteiger partial charge in [-0.1, -0.05) is 6.92 Å². The van der Waals surface area contributed by atoms with Gasteiger partial charge in [0.1, 0.15) is 0 Å². The third kappa shape index (κ3) is 3.32. The van der Waals surface area contributed by atoms with Gasteiger partial charge in [0.25, 0.3) is 0 Å². The number of hydrogen-bond donors (Lipinski definition) is 1. The molecule has 0 saturated carbocycles. The summed E-state index contributed by atoms with van der Waals surface area (Å²) in [7, 11) is 2.01. The van der Waals surface area contributed by atoms with Crippen LogP contribution >= 0.6 is 0 Å². The van der Waals surface area contributed by atoms with Crippen molar-refractivity contribution in [2.45, 2.75) is 39.8 Å². The Morgan fingerprint density at radius 3 is 2.62 bits per heavy atom. The van der Waals surface area contributed by atoms with E-state index in [4.69, 9.17) is 5.73 Å². The number of rotatable bonds is 6. The fourth-order valence-electron chi connectivity index (χ4n) is 1.79. The summed E-state index contributed by atoms with van der Waals surface area (Å²) in [5.74, 6) is 0. The van der Waals surface area contributed by atoms with E-state index in [0.717, 1.165) is 25.2 Å². The van der Waals surface area contributed by atoms with Crippen LogP contribution in [-0.4, -0.2) is 33.8 Å². The summed E-state index contributed by atoms with van der Waals surface area (Å²) in [6.07, 6.45) is 0.992. The molecule has 0 amide bonds. The number of hydrogen-bond acceptors (Lipinski definition) is 3. The maximum absolute atomic E-state index is 5.63. The molecule has 1 aromatic rings. The molecule has 0 aliphatic heterocycles. The van der Waals surface area contributed by atoms with Gasteiger partial charge >= 0.3 is 0 Å². The van der Waals surface area contributed by atoms with Gasteiger partial charge in [-0.25, -0.2) is 0 Å². The Morgan fingerprint density at radius 1 is 1.50 bits per heavy atom. The van der Waals surface area contributed by atoms with Gasteiger partial charge < -0.3 is 5.73 Å². The van der Waals surface area contributed by atoms with Gasteiger partial charge in [0.2, 0.25) is 0 Å². The minimum atomic E-state index is 0.517. The molecule has 4 nitrogen and oxygen atoms in total. The topological polar surface area (TPSA) is 47.1 Å².